The van der Waals surface area contributed by atoms with Crippen molar-refractivity contribution >= 4 is 34.8 Å². The predicted octanol–water partition coefficient (Wildman–Crippen LogP) is 4.54. The number of carbonyl (C=O) groups is 1. The molecule has 0 aliphatic heterocycles. The second kappa shape index (κ2) is 9.43. The van der Waals surface area contributed by atoms with Crippen LogP contribution in [-0.2, 0) is 11.2 Å². The molecule has 0 aromatic heterocycles. The highest BCUT2D eigenvalue weighted by Crippen LogP contribution is 2.25. The Bertz CT molecular complexity index is 632. The van der Waals surface area contributed by atoms with E-state index in [0.717, 1.165) is 18.5 Å². The lowest BCUT2D eigenvalue weighted by atomic mass is 10.1. The number of anilines is 1. The van der Waals surface area contributed by atoms with E-state index >= 15 is 0 Å². The van der Waals surface area contributed by atoms with Gasteiger partial charge < -0.3 is 10.6 Å². The van der Waals surface area contributed by atoms with E-state index in [-0.39, 0.29) is 5.91 Å². The van der Waals surface area contributed by atoms with Gasteiger partial charge in [0.25, 0.3) is 0 Å². The highest BCUT2D eigenvalue weighted by atomic mass is 35.5. The highest BCUT2D eigenvalue weighted by molar-refractivity contribution is 6.35. The van der Waals surface area contributed by atoms with Gasteiger partial charge in [0.05, 0.1) is 10.7 Å². The molecule has 0 fully saturated rings. The SMILES string of the molecule is O=C(CCNc1cc(Cl)ccc1Cl)NCCCc1ccccc1. The van der Waals surface area contributed by atoms with Gasteiger partial charge in [0.1, 0.15) is 0 Å². The summed E-state index contributed by atoms with van der Waals surface area (Å²) in [6.45, 7) is 1.20. The van der Waals surface area contributed by atoms with Gasteiger partial charge in [-0.15, -0.1) is 0 Å². The Hall–Kier alpha value is -1.71. The lowest BCUT2D eigenvalue weighted by Crippen LogP contribution is -2.26. The molecular weight excluding hydrogens is 331 g/mol. The summed E-state index contributed by atoms with van der Waals surface area (Å²) in [5, 5.41) is 7.26. The van der Waals surface area contributed by atoms with E-state index in [9.17, 15) is 4.79 Å². The van der Waals surface area contributed by atoms with Crippen LogP contribution in [-0.4, -0.2) is 19.0 Å². The maximum absolute atomic E-state index is 11.8. The van der Waals surface area contributed by atoms with E-state index < -0.39 is 0 Å². The average Bonchev–Trinajstić information content (AvgIpc) is 2.56. The third-order valence-corrected chi connectivity index (χ3v) is 3.97. The fraction of sp³-hybridized carbons (Fsp3) is 0.278. The van der Waals surface area contributed by atoms with Crippen molar-refractivity contribution in [3.8, 4) is 0 Å². The molecule has 0 radical (unpaired) electrons. The first kappa shape index (κ1) is 17.6. The van der Waals surface area contributed by atoms with Crippen LogP contribution in [0.5, 0.6) is 0 Å². The number of carbonyl (C=O) groups excluding carboxylic acids is 1. The summed E-state index contributed by atoms with van der Waals surface area (Å²) < 4.78 is 0. The first-order chi connectivity index (χ1) is 11.1. The lowest BCUT2D eigenvalue weighted by molar-refractivity contribution is -0.120. The summed E-state index contributed by atoms with van der Waals surface area (Å²) in [5.41, 5.74) is 2.04. The smallest absolute Gasteiger partial charge is 0.221 e. The van der Waals surface area contributed by atoms with Gasteiger partial charge in [-0.3, -0.25) is 4.79 Å². The monoisotopic (exact) mass is 350 g/mol. The second-order valence-corrected chi connectivity index (χ2v) is 6.08. The van der Waals surface area contributed by atoms with E-state index in [1.54, 1.807) is 18.2 Å². The molecule has 2 aromatic carbocycles. The molecule has 0 atom stereocenters. The van der Waals surface area contributed by atoms with E-state index in [0.29, 0.717) is 29.6 Å². The largest absolute Gasteiger partial charge is 0.383 e. The van der Waals surface area contributed by atoms with Crippen molar-refractivity contribution in [2.45, 2.75) is 19.3 Å². The number of halogens is 2. The van der Waals surface area contributed by atoms with Gasteiger partial charge in [0.15, 0.2) is 0 Å². The zero-order valence-electron chi connectivity index (χ0n) is 12.8. The zero-order chi connectivity index (χ0) is 16.5. The standard InChI is InChI=1S/C18H20Cl2N2O/c19-15-8-9-16(20)17(13-15)21-12-10-18(23)22-11-4-7-14-5-2-1-3-6-14/h1-3,5-6,8-9,13,21H,4,7,10-12H2,(H,22,23). The quantitative estimate of drug-likeness (QED) is 0.686. The molecule has 0 bridgehead atoms. The Morgan fingerprint density at radius 1 is 1.00 bits per heavy atom. The van der Waals surface area contributed by atoms with Crippen molar-refractivity contribution in [1.29, 1.82) is 0 Å². The van der Waals surface area contributed by atoms with Gasteiger partial charge in [-0.1, -0.05) is 53.5 Å². The number of amides is 1. The molecule has 3 nitrogen and oxygen atoms in total. The minimum atomic E-state index is 0.0312. The van der Waals surface area contributed by atoms with Crippen molar-refractivity contribution in [1.82, 2.24) is 5.32 Å². The van der Waals surface area contributed by atoms with Crippen LogP contribution in [0.15, 0.2) is 48.5 Å². The molecule has 2 rings (SSSR count). The Balaban J connectivity index is 1.61. The van der Waals surface area contributed by atoms with Crippen LogP contribution in [0.4, 0.5) is 5.69 Å². The predicted molar refractivity (Wildman–Crippen MR) is 97.3 cm³/mol. The minimum Gasteiger partial charge on any atom is -0.383 e. The average molecular weight is 351 g/mol. The zero-order valence-corrected chi connectivity index (χ0v) is 14.3. The van der Waals surface area contributed by atoms with E-state index in [2.05, 4.69) is 22.8 Å². The van der Waals surface area contributed by atoms with Crippen LogP contribution in [0.2, 0.25) is 10.0 Å². The number of aryl methyl sites for hydroxylation is 1. The van der Waals surface area contributed by atoms with E-state index in [4.69, 9.17) is 23.2 Å². The molecule has 2 aromatic rings. The molecule has 122 valence electrons. The number of rotatable bonds is 8. The molecule has 0 saturated carbocycles. The van der Waals surface area contributed by atoms with Crippen LogP contribution >= 0.6 is 23.2 Å². The summed E-state index contributed by atoms with van der Waals surface area (Å²) >= 11 is 12.0. The molecule has 1 amide bonds. The van der Waals surface area contributed by atoms with Crippen LogP contribution in [0, 0.1) is 0 Å². The maximum Gasteiger partial charge on any atom is 0.221 e. The molecule has 0 heterocycles. The molecule has 5 heteroatoms. The molecule has 0 saturated heterocycles. The minimum absolute atomic E-state index is 0.0312. The number of hydrogen-bond donors (Lipinski definition) is 2. The van der Waals surface area contributed by atoms with Gasteiger partial charge in [-0.25, -0.2) is 0 Å². The summed E-state index contributed by atoms with van der Waals surface area (Å²) in [6.07, 6.45) is 2.30. The first-order valence-electron chi connectivity index (χ1n) is 7.65. The Labute approximate surface area is 147 Å². The van der Waals surface area contributed by atoms with Gasteiger partial charge in [-0.2, -0.15) is 0 Å². The normalized spacial score (nSPS) is 10.3. The number of hydrogen-bond acceptors (Lipinski definition) is 2. The third-order valence-electron chi connectivity index (χ3n) is 3.40. The van der Waals surface area contributed by atoms with E-state index in [1.807, 2.05) is 18.2 Å². The third kappa shape index (κ3) is 6.51. The van der Waals surface area contributed by atoms with Crippen molar-refractivity contribution in [2.75, 3.05) is 18.4 Å². The van der Waals surface area contributed by atoms with Crippen molar-refractivity contribution in [3.63, 3.8) is 0 Å². The summed E-state index contributed by atoms with van der Waals surface area (Å²) in [6, 6.07) is 15.5. The maximum atomic E-state index is 11.8. The topological polar surface area (TPSA) is 41.1 Å². The van der Waals surface area contributed by atoms with Crippen molar-refractivity contribution in [2.24, 2.45) is 0 Å². The Morgan fingerprint density at radius 2 is 1.78 bits per heavy atom. The Kier molecular flexibility index (Phi) is 7.24. The number of nitrogens with one attached hydrogen (secondary N) is 2. The number of benzene rings is 2. The molecule has 0 aliphatic carbocycles. The molecule has 0 unspecified atom stereocenters. The molecule has 2 N–H and O–H groups in total. The van der Waals surface area contributed by atoms with Gasteiger partial charge in [-0.05, 0) is 36.6 Å². The molecular formula is C18H20Cl2N2O. The Morgan fingerprint density at radius 3 is 2.57 bits per heavy atom. The van der Waals surface area contributed by atoms with Gasteiger partial charge in [0.2, 0.25) is 5.91 Å². The fourth-order valence-corrected chi connectivity index (χ4v) is 2.55. The van der Waals surface area contributed by atoms with Gasteiger partial charge in [0, 0.05) is 24.5 Å². The summed E-state index contributed by atoms with van der Waals surface area (Å²) in [4.78, 5) is 11.8. The lowest BCUT2D eigenvalue weighted by Gasteiger charge is -2.09. The van der Waals surface area contributed by atoms with Crippen molar-refractivity contribution < 1.29 is 4.79 Å². The second-order valence-electron chi connectivity index (χ2n) is 5.24. The first-order valence-corrected chi connectivity index (χ1v) is 8.40. The van der Waals surface area contributed by atoms with Crippen LogP contribution in [0.3, 0.4) is 0 Å². The highest BCUT2D eigenvalue weighted by Gasteiger charge is 2.03. The summed E-state index contributed by atoms with van der Waals surface area (Å²) in [7, 11) is 0. The molecule has 0 aliphatic rings. The fourth-order valence-electron chi connectivity index (χ4n) is 2.20. The van der Waals surface area contributed by atoms with Crippen LogP contribution < -0.4 is 10.6 Å². The van der Waals surface area contributed by atoms with Crippen molar-refractivity contribution in [3.05, 3.63) is 64.1 Å². The van der Waals surface area contributed by atoms with Crippen LogP contribution in [0.25, 0.3) is 0 Å². The summed E-state index contributed by atoms with van der Waals surface area (Å²) in [5.74, 6) is 0.0312. The van der Waals surface area contributed by atoms with E-state index in [1.165, 1.54) is 5.56 Å². The van der Waals surface area contributed by atoms with Crippen LogP contribution in [0.1, 0.15) is 18.4 Å². The molecule has 0 spiro atoms. The molecule has 23 heavy (non-hydrogen) atoms. The van der Waals surface area contributed by atoms with Gasteiger partial charge >= 0.3 is 0 Å².